The van der Waals surface area contributed by atoms with Gasteiger partial charge in [-0.25, -0.2) is 0 Å². The van der Waals surface area contributed by atoms with Crippen LogP contribution in [-0.4, -0.2) is 34.8 Å². The maximum absolute atomic E-state index is 13.6. The van der Waals surface area contributed by atoms with Crippen molar-refractivity contribution in [3.05, 3.63) is 132 Å². The summed E-state index contributed by atoms with van der Waals surface area (Å²) in [5.41, 5.74) is 6.41. The molecule has 1 fully saturated rings. The molecular weight excluding hydrogens is 488 g/mol. The number of carbonyl (C=O) groups excluding carboxylic acids is 1. The zero-order valence-electron chi connectivity index (χ0n) is 23.8. The normalized spacial score (nSPS) is 14.8. The van der Waals surface area contributed by atoms with Crippen LogP contribution in [0.3, 0.4) is 0 Å². The van der Waals surface area contributed by atoms with Gasteiger partial charge in [0.05, 0.1) is 0 Å². The quantitative estimate of drug-likeness (QED) is 0.185. The molecule has 0 aromatic heterocycles. The highest BCUT2D eigenvalue weighted by atomic mass is 16.2. The highest BCUT2D eigenvalue weighted by Gasteiger charge is 2.30. The molecule has 1 aliphatic heterocycles. The molecule has 5 rings (SSSR count). The van der Waals surface area contributed by atoms with Crippen molar-refractivity contribution in [3.8, 4) is 11.1 Å². The van der Waals surface area contributed by atoms with Crippen LogP contribution in [0.5, 0.6) is 0 Å². The summed E-state index contributed by atoms with van der Waals surface area (Å²) in [5, 5.41) is 0. The topological polar surface area (TPSA) is 23.6 Å². The minimum Gasteiger partial charge on any atom is -0.342 e. The number of benzene rings is 4. The Morgan fingerprint density at radius 1 is 0.675 bits per heavy atom. The van der Waals surface area contributed by atoms with E-state index in [0.717, 1.165) is 58.3 Å². The first-order chi connectivity index (χ1) is 19.7. The Morgan fingerprint density at radius 2 is 1.18 bits per heavy atom. The fraction of sp³-hybridized carbons (Fsp3) is 0.324. The molecule has 0 saturated carbocycles. The van der Waals surface area contributed by atoms with Crippen molar-refractivity contribution >= 4 is 5.91 Å². The predicted octanol–water partition coefficient (Wildman–Crippen LogP) is 8.01. The molecule has 0 spiro atoms. The average Bonchev–Trinajstić information content (AvgIpc) is 3.56. The summed E-state index contributed by atoms with van der Waals surface area (Å²) >= 11 is 0. The Kier molecular flexibility index (Phi) is 9.82. The van der Waals surface area contributed by atoms with Gasteiger partial charge in [0, 0.05) is 38.1 Å². The Bertz CT molecular complexity index is 1260. The zero-order valence-corrected chi connectivity index (χ0v) is 23.8. The summed E-state index contributed by atoms with van der Waals surface area (Å²) in [6.07, 6.45) is 4.93. The van der Waals surface area contributed by atoms with Gasteiger partial charge in [0.1, 0.15) is 0 Å². The summed E-state index contributed by atoms with van der Waals surface area (Å²) < 4.78 is 0. The largest absolute Gasteiger partial charge is 0.342 e. The zero-order chi connectivity index (χ0) is 27.6. The van der Waals surface area contributed by atoms with Crippen LogP contribution in [0.2, 0.25) is 0 Å². The van der Waals surface area contributed by atoms with Gasteiger partial charge in [0.15, 0.2) is 0 Å². The second-order valence-electron chi connectivity index (χ2n) is 11.2. The second-order valence-corrected chi connectivity index (χ2v) is 11.2. The van der Waals surface area contributed by atoms with Gasteiger partial charge in [-0.2, -0.15) is 0 Å². The molecular formula is C37H42N2O. The number of nitrogens with zero attached hydrogens (tertiary/aromatic N) is 2. The molecule has 4 aromatic carbocycles. The van der Waals surface area contributed by atoms with Gasteiger partial charge in [-0.3, -0.25) is 9.69 Å². The molecule has 0 aliphatic carbocycles. The van der Waals surface area contributed by atoms with E-state index in [0.29, 0.717) is 5.91 Å². The molecule has 1 unspecified atom stereocenters. The molecule has 0 radical (unpaired) electrons. The molecule has 3 heteroatoms. The maximum Gasteiger partial charge on any atom is 0.225 e. The van der Waals surface area contributed by atoms with Gasteiger partial charge >= 0.3 is 0 Å². The Morgan fingerprint density at radius 3 is 1.70 bits per heavy atom. The van der Waals surface area contributed by atoms with Gasteiger partial charge in [0.25, 0.3) is 0 Å². The fourth-order valence-corrected chi connectivity index (χ4v) is 6.01. The van der Waals surface area contributed by atoms with Crippen LogP contribution in [0.1, 0.15) is 49.3 Å². The molecule has 1 aliphatic rings. The lowest BCUT2D eigenvalue weighted by atomic mass is 9.90. The summed E-state index contributed by atoms with van der Waals surface area (Å²) in [6.45, 7) is 5.73. The highest BCUT2D eigenvalue weighted by Crippen LogP contribution is 2.27. The fourth-order valence-electron chi connectivity index (χ4n) is 6.01. The van der Waals surface area contributed by atoms with E-state index in [-0.39, 0.29) is 12.0 Å². The second kappa shape index (κ2) is 14.1. The Balaban J connectivity index is 1.44. The van der Waals surface area contributed by atoms with Crippen molar-refractivity contribution in [2.24, 2.45) is 5.92 Å². The molecule has 4 aromatic rings. The van der Waals surface area contributed by atoms with Crippen LogP contribution in [0, 0.1) is 5.92 Å². The number of carbonyl (C=O) groups is 1. The van der Waals surface area contributed by atoms with Crippen LogP contribution in [0.25, 0.3) is 11.1 Å². The van der Waals surface area contributed by atoms with Crippen molar-refractivity contribution in [1.82, 2.24) is 9.80 Å². The monoisotopic (exact) mass is 530 g/mol. The molecule has 2 atom stereocenters. The summed E-state index contributed by atoms with van der Waals surface area (Å²) in [6, 6.07) is 41.4. The van der Waals surface area contributed by atoms with Crippen LogP contribution in [0.4, 0.5) is 0 Å². The van der Waals surface area contributed by atoms with Crippen LogP contribution in [-0.2, 0) is 24.3 Å². The van der Waals surface area contributed by atoms with Crippen LogP contribution < -0.4 is 0 Å². The third-order valence-electron chi connectivity index (χ3n) is 8.32. The predicted molar refractivity (Wildman–Crippen MR) is 166 cm³/mol. The minimum atomic E-state index is 0.0424. The SMILES string of the molecule is CC[C@H](CC(Cc1ccc(-c2ccccc2)cc1)N(Cc1ccccc1)Cc1ccccc1)C(=O)N1CCCC1. The Hall–Kier alpha value is -3.69. The van der Waals surface area contributed by atoms with Gasteiger partial charge in [-0.05, 0) is 59.9 Å². The molecule has 0 bridgehead atoms. The minimum absolute atomic E-state index is 0.0424. The Labute approximate surface area is 240 Å². The summed E-state index contributed by atoms with van der Waals surface area (Å²) in [5.74, 6) is 0.393. The van der Waals surface area contributed by atoms with E-state index < -0.39 is 0 Å². The molecule has 0 N–H and O–H groups in total. The van der Waals surface area contributed by atoms with Gasteiger partial charge in [0.2, 0.25) is 5.91 Å². The van der Waals surface area contributed by atoms with E-state index in [4.69, 9.17) is 0 Å². The lowest BCUT2D eigenvalue weighted by molar-refractivity contribution is -0.135. The highest BCUT2D eigenvalue weighted by molar-refractivity contribution is 5.79. The number of likely N-dealkylation sites (tertiary alicyclic amines) is 1. The molecule has 40 heavy (non-hydrogen) atoms. The van der Waals surface area contributed by atoms with Gasteiger partial charge in [-0.1, -0.05) is 122 Å². The average molecular weight is 531 g/mol. The van der Waals surface area contributed by atoms with Gasteiger partial charge < -0.3 is 4.90 Å². The number of amides is 1. The third-order valence-corrected chi connectivity index (χ3v) is 8.32. The standard InChI is InChI=1S/C37H42N2O/c1-2-33(37(40)38-24-12-13-25-38)27-36(26-30-20-22-35(23-21-30)34-18-10-5-11-19-34)39(28-31-14-6-3-7-15-31)29-32-16-8-4-9-17-32/h3-11,14-23,33,36H,2,12-13,24-29H2,1H3/t33-,36?/m1/s1. The number of rotatable bonds is 12. The van der Waals surface area contributed by atoms with Crippen molar-refractivity contribution in [3.63, 3.8) is 0 Å². The number of hydrogen-bond donors (Lipinski definition) is 0. The van der Waals surface area contributed by atoms with E-state index in [1.807, 2.05) is 0 Å². The van der Waals surface area contributed by atoms with Crippen molar-refractivity contribution in [1.29, 1.82) is 0 Å². The van der Waals surface area contributed by atoms with Crippen molar-refractivity contribution < 1.29 is 4.79 Å². The molecule has 1 heterocycles. The van der Waals surface area contributed by atoms with Crippen LogP contribution >= 0.6 is 0 Å². The van der Waals surface area contributed by atoms with Gasteiger partial charge in [-0.15, -0.1) is 0 Å². The van der Waals surface area contributed by atoms with Crippen LogP contribution in [0.15, 0.2) is 115 Å². The first-order valence-corrected chi connectivity index (χ1v) is 14.9. The first-order valence-electron chi connectivity index (χ1n) is 14.9. The maximum atomic E-state index is 13.6. The smallest absolute Gasteiger partial charge is 0.225 e. The van der Waals surface area contributed by atoms with E-state index in [9.17, 15) is 4.79 Å². The van der Waals surface area contributed by atoms with E-state index >= 15 is 0 Å². The number of hydrogen-bond acceptors (Lipinski definition) is 2. The summed E-state index contributed by atoms with van der Waals surface area (Å²) in [4.78, 5) is 18.3. The van der Waals surface area contributed by atoms with E-state index in [1.165, 1.54) is 27.8 Å². The summed E-state index contributed by atoms with van der Waals surface area (Å²) in [7, 11) is 0. The molecule has 1 amide bonds. The molecule has 206 valence electrons. The lowest BCUT2D eigenvalue weighted by Gasteiger charge is -2.35. The van der Waals surface area contributed by atoms with E-state index in [1.54, 1.807) is 0 Å². The lowest BCUT2D eigenvalue weighted by Crippen LogP contribution is -2.41. The van der Waals surface area contributed by atoms with Crippen molar-refractivity contribution in [2.75, 3.05) is 13.1 Å². The van der Waals surface area contributed by atoms with E-state index in [2.05, 4.69) is 132 Å². The molecule has 3 nitrogen and oxygen atoms in total. The van der Waals surface area contributed by atoms with Crippen molar-refractivity contribution in [2.45, 2.75) is 58.2 Å². The first kappa shape index (κ1) is 27.9. The third kappa shape index (κ3) is 7.49. The molecule has 1 saturated heterocycles.